The Hall–Kier alpha value is -2.20. The average Bonchev–Trinajstić information content (AvgIpc) is 2.85. The minimum Gasteiger partial charge on any atom is -0.355 e. The van der Waals surface area contributed by atoms with Crippen LogP contribution in [-0.4, -0.2) is 33.4 Å². The van der Waals surface area contributed by atoms with Crippen molar-refractivity contribution in [3.05, 3.63) is 47.8 Å². The van der Waals surface area contributed by atoms with Crippen LogP contribution in [0.3, 0.4) is 0 Å². The lowest BCUT2D eigenvalue weighted by atomic mass is 10.1. The zero-order chi connectivity index (χ0) is 13.5. The molecule has 3 heterocycles. The molecule has 0 bridgehead atoms. The Morgan fingerprint density at radius 3 is 2.90 bits per heavy atom. The van der Waals surface area contributed by atoms with Crippen LogP contribution in [0, 0.1) is 0 Å². The first-order valence-corrected chi connectivity index (χ1v) is 6.92. The van der Waals surface area contributed by atoms with Crippen molar-refractivity contribution < 1.29 is 0 Å². The summed E-state index contributed by atoms with van der Waals surface area (Å²) in [6.45, 7) is 2.05. The molecule has 4 nitrogen and oxygen atoms in total. The Balaban J connectivity index is 1.89. The number of nitrogens with zero attached hydrogens (tertiary/aromatic N) is 3. The number of likely N-dealkylation sites (N-methyl/N-ethyl adjacent to an activating group) is 1. The van der Waals surface area contributed by atoms with E-state index in [-0.39, 0.29) is 0 Å². The first-order valence-electron chi connectivity index (χ1n) is 6.92. The summed E-state index contributed by atoms with van der Waals surface area (Å²) in [5, 5.41) is 0. The molecule has 0 aliphatic carbocycles. The second-order valence-corrected chi connectivity index (χ2v) is 5.39. The van der Waals surface area contributed by atoms with E-state index in [0.29, 0.717) is 0 Å². The van der Waals surface area contributed by atoms with Gasteiger partial charge in [-0.1, -0.05) is 30.3 Å². The fourth-order valence-corrected chi connectivity index (χ4v) is 2.85. The number of nitrogens with one attached hydrogen (secondary N) is 1. The summed E-state index contributed by atoms with van der Waals surface area (Å²) in [7, 11) is 2.15. The smallest absolute Gasteiger partial charge is 0.159 e. The van der Waals surface area contributed by atoms with Crippen LogP contribution in [0.4, 0.5) is 0 Å². The van der Waals surface area contributed by atoms with E-state index >= 15 is 0 Å². The molecule has 1 N–H and O–H groups in total. The minimum absolute atomic E-state index is 0.799. The van der Waals surface area contributed by atoms with Gasteiger partial charge in [0, 0.05) is 36.3 Å². The molecule has 0 saturated heterocycles. The molecule has 1 aromatic carbocycles. The molecule has 0 amide bonds. The van der Waals surface area contributed by atoms with Crippen LogP contribution < -0.4 is 0 Å². The molecule has 1 aliphatic heterocycles. The summed E-state index contributed by atoms with van der Waals surface area (Å²) < 4.78 is 0. The van der Waals surface area contributed by atoms with E-state index in [2.05, 4.69) is 21.9 Å². The van der Waals surface area contributed by atoms with Crippen LogP contribution in [0.15, 0.2) is 36.5 Å². The summed E-state index contributed by atoms with van der Waals surface area (Å²) in [4.78, 5) is 15.1. The quantitative estimate of drug-likeness (QED) is 0.735. The Morgan fingerprint density at radius 1 is 1.20 bits per heavy atom. The normalized spacial score (nSPS) is 15.4. The van der Waals surface area contributed by atoms with Crippen molar-refractivity contribution in [2.45, 2.75) is 13.0 Å². The predicted molar refractivity (Wildman–Crippen MR) is 79.4 cm³/mol. The van der Waals surface area contributed by atoms with Crippen LogP contribution >= 0.6 is 0 Å². The van der Waals surface area contributed by atoms with Gasteiger partial charge in [0.1, 0.15) is 0 Å². The van der Waals surface area contributed by atoms with Gasteiger partial charge in [0.05, 0.1) is 17.2 Å². The summed E-state index contributed by atoms with van der Waals surface area (Å²) in [6, 6.07) is 10.1. The minimum atomic E-state index is 0.799. The zero-order valence-electron chi connectivity index (χ0n) is 11.4. The molecular weight excluding hydrogens is 248 g/mol. The van der Waals surface area contributed by atoms with E-state index in [9.17, 15) is 0 Å². The van der Waals surface area contributed by atoms with Gasteiger partial charge in [-0.2, -0.15) is 0 Å². The maximum Gasteiger partial charge on any atom is 0.159 e. The van der Waals surface area contributed by atoms with Gasteiger partial charge in [0.2, 0.25) is 0 Å². The van der Waals surface area contributed by atoms with Crippen LogP contribution in [-0.2, 0) is 13.0 Å². The lowest BCUT2D eigenvalue weighted by Crippen LogP contribution is -2.26. The highest BCUT2D eigenvalue weighted by Gasteiger charge is 2.19. The number of H-pyrrole nitrogens is 1. The summed E-state index contributed by atoms with van der Waals surface area (Å²) in [5.74, 6) is 0.799. The highest BCUT2D eigenvalue weighted by molar-refractivity contribution is 5.81. The second kappa shape index (κ2) is 4.42. The van der Waals surface area contributed by atoms with Crippen LogP contribution in [0.5, 0.6) is 0 Å². The number of hydrogen-bond donors (Lipinski definition) is 1. The number of aromatic amines is 1. The van der Waals surface area contributed by atoms with E-state index in [1.165, 1.54) is 11.3 Å². The molecule has 3 aromatic rings. The first kappa shape index (κ1) is 11.6. The second-order valence-electron chi connectivity index (χ2n) is 5.39. The van der Waals surface area contributed by atoms with Gasteiger partial charge in [-0.05, 0) is 7.05 Å². The Bertz CT molecular complexity index is 761. The van der Waals surface area contributed by atoms with E-state index in [1.807, 2.05) is 36.5 Å². The van der Waals surface area contributed by atoms with Crippen LogP contribution in [0.2, 0.25) is 0 Å². The van der Waals surface area contributed by atoms with Gasteiger partial charge >= 0.3 is 0 Å². The van der Waals surface area contributed by atoms with Gasteiger partial charge in [-0.3, -0.25) is 0 Å². The van der Waals surface area contributed by atoms with Crippen molar-refractivity contribution >= 4 is 11.0 Å². The standard InChI is InChI=1S/C16H16N4/c1-20-8-7-13-12(10-20)15-14(18-13)9-17-16(19-15)11-5-3-2-4-6-11/h2-6,9,18H,7-8,10H2,1H3. The molecule has 0 fully saturated rings. The molecule has 20 heavy (non-hydrogen) atoms. The van der Waals surface area contributed by atoms with Crippen LogP contribution in [0.25, 0.3) is 22.4 Å². The Morgan fingerprint density at radius 2 is 2.05 bits per heavy atom. The van der Waals surface area contributed by atoms with Gasteiger partial charge in [0.25, 0.3) is 0 Å². The number of aromatic nitrogens is 3. The number of rotatable bonds is 1. The molecule has 2 aromatic heterocycles. The van der Waals surface area contributed by atoms with E-state index < -0.39 is 0 Å². The highest BCUT2D eigenvalue weighted by atomic mass is 15.1. The summed E-state index contributed by atoms with van der Waals surface area (Å²) in [6.07, 6.45) is 2.96. The Labute approximate surface area is 117 Å². The number of fused-ring (bicyclic) bond motifs is 3. The van der Waals surface area contributed by atoms with Gasteiger partial charge in [-0.25, -0.2) is 9.97 Å². The van der Waals surface area contributed by atoms with Crippen LogP contribution in [0.1, 0.15) is 11.3 Å². The van der Waals surface area contributed by atoms with Crippen molar-refractivity contribution in [2.24, 2.45) is 0 Å². The van der Waals surface area contributed by atoms with Crippen molar-refractivity contribution in [1.29, 1.82) is 0 Å². The largest absolute Gasteiger partial charge is 0.355 e. The summed E-state index contributed by atoms with van der Waals surface area (Å²) >= 11 is 0. The van der Waals surface area contributed by atoms with Gasteiger partial charge in [-0.15, -0.1) is 0 Å². The molecular formula is C16H16N4. The van der Waals surface area contributed by atoms with E-state index in [1.54, 1.807) is 0 Å². The van der Waals surface area contributed by atoms with Gasteiger partial charge in [0.15, 0.2) is 5.82 Å². The van der Waals surface area contributed by atoms with Crippen molar-refractivity contribution in [2.75, 3.05) is 13.6 Å². The highest BCUT2D eigenvalue weighted by Crippen LogP contribution is 2.27. The SMILES string of the molecule is CN1CCc2[nH]c3cnc(-c4ccccc4)nc3c2C1. The van der Waals surface area contributed by atoms with Crippen molar-refractivity contribution in [3.8, 4) is 11.4 Å². The number of benzene rings is 1. The topological polar surface area (TPSA) is 44.8 Å². The average molecular weight is 264 g/mol. The molecule has 0 atom stereocenters. The van der Waals surface area contributed by atoms with Gasteiger partial charge < -0.3 is 9.88 Å². The third kappa shape index (κ3) is 1.80. The lowest BCUT2D eigenvalue weighted by molar-refractivity contribution is 0.313. The molecule has 0 spiro atoms. The molecule has 0 radical (unpaired) electrons. The molecule has 4 heteroatoms. The molecule has 0 saturated carbocycles. The third-order valence-electron chi connectivity index (χ3n) is 3.93. The zero-order valence-corrected chi connectivity index (χ0v) is 11.4. The molecule has 0 unspecified atom stereocenters. The lowest BCUT2D eigenvalue weighted by Gasteiger charge is -2.21. The van der Waals surface area contributed by atoms with Crippen molar-refractivity contribution in [1.82, 2.24) is 19.9 Å². The third-order valence-corrected chi connectivity index (χ3v) is 3.93. The maximum atomic E-state index is 4.78. The maximum absolute atomic E-state index is 4.78. The fourth-order valence-electron chi connectivity index (χ4n) is 2.85. The first-order chi connectivity index (χ1) is 9.81. The van der Waals surface area contributed by atoms with E-state index in [0.717, 1.165) is 41.9 Å². The monoisotopic (exact) mass is 264 g/mol. The molecule has 100 valence electrons. The fraction of sp³-hybridized carbons (Fsp3) is 0.250. The number of hydrogen-bond acceptors (Lipinski definition) is 3. The molecule has 1 aliphatic rings. The molecule has 4 rings (SSSR count). The summed E-state index contributed by atoms with van der Waals surface area (Å²) in [5.41, 5.74) is 5.82. The van der Waals surface area contributed by atoms with Crippen molar-refractivity contribution in [3.63, 3.8) is 0 Å². The predicted octanol–water partition coefficient (Wildman–Crippen LogP) is 2.61. The Kier molecular flexibility index (Phi) is 2.57. The van der Waals surface area contributed by atoms with E-state index in [4.69, 9.17) is 4.98 Å².